The van der Waals surface area contributed by atoms with Gasteiger partial charge < -0.3 is 13.3 Å². The lowest BCUT2D eigenvalue weighted by molar-refractivity contribution is -0.0214. The Hall–Kier alpha value is 0.0969. The third-order valence-corrected chi connectivity index (χ3v) is 9.05. The molecule has 0 aromatic heterocycles. The molecule has 2 saturated carbocycles. The third-order valence-electron chi connectivity index (χ3n) is 5.70. The molecule has 0 aromatic carbocycles. The smallest absolute Gasteiger partial charge is 0.377 e. The van der Waals surface area contributed by atoms with Crippen molar-refractivity contribution in [1.82, 2.24) is 0 Å². The predicted molar refractivity (Wildman–Crippen MR) is 88.2 cm³/mol. The maximum absolute atomic E-state index is 6.70. The second-order valence-corrected chi connectivity index (χ2v) is 10.6. The van der Waals surface area contributed by atoms with Gasteiger partial charge in [0.15, 0.2) is 0 Å². The first kappa shape index (κ1) is 17.5. The second kappa shape index (κ2) is 7.58. The molecule has 3 atom stereocenters. The van der Waals surface area contributed by atoms with E-state index >= 15 is 0 Å². The minimum atomic E-state index is -2.52. The fourth-order valence-corrected chi connectivity index (χ4v) is 7.38. The molecule has 2 aliphatic carbocycles. The van der Waals surface area contributed by atoms with Gasteiger partial charge in [-0.25, -0.2) is 0 Å². The van der Waals surface area contributed by atoms with E-state index in [2.05, 4.69) is 20.8 Å². The Morgan fingerprint density at radius 3 is 2.10 bits per heavy atom. The van der Waals surface area contributed by atoms with Crippen molar-refractivity contribution in [3.8, 4) is 0 Å². The summed E-state index contributed by atoms with van der Waals surface area (Å²) in [6, 6.07) is 0. The molecule has 3 nitrogen and oxygen atoms in total. The van der Waals surface area contributed by atoms with Crippen LogP contribution in [0.15, 0.2) is 0 Å². The Morgan fingerprint density at radius 1 is 0.952 bits per heavy atom. The van der Waals surface area contributed by atoms with Crippen LogP contribution >= 0.6 is 0 Å². The van der Waals surface area contributed by atoms with Gasteiger partial charge in [-0.3, -0.25) is 0 Å². The molecule has 0 radical (unpaired) electrons. The van der Waals surface area contributed by atoms with Crippen LogP contribution < -0.4 is 0 Å². The van der Waals surface area contributed by atoms with Crippen molar-refractivity contribution in [3.05, 3.63) is 0 Å². The lowest BCUT2D eigenvalue weighted by Gasteiger charge is -2.42. The summed E-state index contributed by atoms with van der Waals surface area (Å²) < 4.78 is 18.6. The Bertz CT molecular complexity index is 311. The van der Waals surface area contributed by atoms with Crippen molar-refractivity contribution in [2.24, 2.45) is 17.8 Å². The fraction of sp³-hybridized carbons (Fsp3) is 1.00. The predicted octanol–water partition coefficient (Wildman–Crippen LogP) is 4.64. The standard InChI is InChI=1S/C17H34O3Si/c1-13(2)16-11-10-14(3)12-17(16)20-21(18-4,19-5)15-8-6-7-9-15/h13-17H,6-12H2,1-5H3. The summed E-state index contributed by atoms with van der Waals surface area (Å²) in [7, 11) is 1.08. The van der Waals surface area contributed by atoms with Crippen LogP contribution in [0.1, 0.15) is 65.7 Å². The van der Waals surface area contributed by atoms with E-state index in [1.54, 1.807) is 14.2 Å². The topological polar surface area (TPSA) is 27.7 Å². The van der Waals surface area contributed by atoms with Gasteiger partial charge in [-0.2, -0.15) is 0 Å². The molecule has 2 rings (SSSR count). The maximum atomic E-state index is 6.70. The van der Waals surface area contributed by atoms with Crippen LogP contribution in [0.25, 0.3) is 0 Å². The summed E-state index contributed by atoms with van der Waals surface area (Å²) in [5.74, 6) is 2.08. The molecule has 0 spiro atoms. The second-order valence-electron chi connectivity index (χ2n) is 7.48. The van der Waals surface area contributed by atoms with Gasteiger partial charge in [0, 0.05) is 19.8 Å². The minimum absolute atomic E-state index is 0.320. The van der Waals surface area contributed by atoms with Gasteiger partial charge in [0.1, 0.15) is 0 Å². The molecule has 21 heavy (non-hydrogen) atoms. The quantitative estimate of drug-likeness (QED) is 0.668. The molecule has 0 amide bonds. The Balaban J connectivity index is 2.12. The highest BCUT2D eigenvalue weighted by molar-refractivity contribution is 6.62. The summed E-state index contributed by atoms with van der Waals surface area (Å²) in [5, 5.41) is 0. The van der Waals surface area contributed by atoms with Gasteiger partial charge in [0.25, 0.3) is 0 Å². The lowest BCUT2D eigenvalue weighted by Crippen LogP contribution is -2.53. The molecule has 0 aliphatic heterocycles. The van der Waals surface area contributed by atoms with Gasteiger partial charge >= 0.3 is 8.80 Å². The van der Waals surface area contributed by atoms with E-state index in [1.165, 1.54) is 38.5 Å². The molecule has 0 N–H and O–H groups in total. The van der Waals surface area contributed by atoms with Gasteiger partial charge in [-0.15, -0.1) is 0 Å². The summed E-state index contributed by atoms with van der Waals surface area (Å²) in [6.07, 6.45) is 9.12. The van der Waals surface area contributed by atoms with Gasteiger partial charge in [0.2, 0.25) is 0 Å². The number of rotatable bonds is 6. The first-order valence-electron chi connectivity index (χ1n) is 8.80. The maximum Gasteiger partial charge on any atom is 0.503 e. The Morgan fingerprint density at radius 2 is 1.57 bits per heavy atom. The first-order chi connectivity index (χ1) is 10.0. The third kappa shape index (κ3) is 3.90. The zero-order valence-electron chi connectivity index (χ0n) is 14.6. The van der Waals surface area contributed by atoms with E-state index in [0.29, 0.717) is 23.5 Å². The van der Waals surface area contributed by atoms with Gasteiger partial charge in [-0.05, 0) is 43.4 Å². The molecule has 4 heteroatoms. The molecule has 2 aliphatic rings. The summed E-state index contributed by atoms with van der Waals surface area (Å²) >= 11 is 0. The zero-order chi connectivity index (χ0) is 15.5. The largest absolute Gasteiger partial charge is 0.503 e. The van der Waals surface area contributed by atoms with Crippen LogP contribution in [-0.4, -0.2) is 29.1 Å². The van der Waals surface area contributed by atoms with Crippen LogP contribution in [0.4, 0.5) is 0 Å². The normalized spacial score (nSPS) is 32.0. The first-order valence-corrected chi connectivity index (χ1v) is 10.6. The molecule has 0 heterocycles. The Kier molecular flexibility index (Phi) is 6.30. The van der Waals surface area contributed by atoms with Crippen molar-refractivity contribution in [2.75, 3.05) is 14.2 Å². The van der Waals surface area contributed by atoms with Crippen LogP contribution in [0.3, 0.4) is 0 Å². The van der Waals surface area contributed by atoms with Crippen molar-refractivity contribution in [1.29, 1.82) is 0 Å². The van der Waals surface area contributed by atoms with E-state index in [0.717, 1.165) is 12.3 Å². The van der Waals surface area contributed by atoms with Crippen LogP contribution in [0.2, 0.25) is 5.54 Å². The highest BCUT2D eigenvalue weighted by atomic mass is 28.4. The minimum Gasteiger partial charge on any atom is -0.377 e. The van der Waals surface area contributed by atoms with Gasteiger partial charge in [-0.1, -0.05) is 40.0 Å². The highest BCUT2D eigenvalue weighted by Crippen LogP contribution is 2.43. The molecule has 3 unspecified atom stereocenters. The molecule has 0 aromatic rings. The van der Waals surface area contributed by atoms with Crippen molar-refractivity contribution in [2.45, 2.75) is 77.4 Å². The Labute approximate surface area is 132 Å². The van der Waals surface area contributed by atoms with Crippen molar-refractivity contribution < 1.29 is 13.3 Å². The molecule has 2 fully saturated rings. The number of hydrogen-bond donors (Lipinski definition) is 0. The molecular weight excluding hydrogens is 280 g/mol. The summed E-state index contributed by atoms with van der Waals surface area (Å²) in [5.41, 5.74) is 0.512. The molecule has 0 saturated heterocycles. The fourth-order valence-electron chi connectivity index (χ4n) is 4.35. The SMILES string of the molecule is CO[Si](OC)(OC1CC(C)CCC1C(C)C)C1CCCC1. The monoisotopic (exact) mass is 314 g/mol. The molecule has 0 bridgehead atoms. The van der Waals surface area contributed by atoms with Gasteiger partial charge in [0.05, 0.1) is 6.10 Å². The molecular formula is C17H34O3Si. The molecule has 124 valence electrons. The average molecular weight is 315 g/mol. The highest BCUT2D eigenvalue weighted by Gasteiger charge is 2.52. The van der Waals surface area contributed by atoms with Crippen LogP contribution in [0, 0.1) is 17.8 Å². The zero-order valence-corrected chi connectivity index (χ0v) is 15.6. The van der Waals surface area contributed by atoms with Crippen LogP contribution in [0.5, 0.6) is 0 Å². The van der Waals surface area contributed by atoms with E-state index in [1.807, 2.05) is 0 Å². The van der Waals surface area contributed by atoms with Crippen molar-refractivity contribution >= 4 is 8.80 Å². The van der Waals surface area contributed by atoms with E-state index in [-0.39, 0.29) is 0 Å². The average Bonchev–Trinajstić information content (AvgIpc) is 2.99. The van der Waals surface area contributed by atoms with Crippen LogP contribution in [-0.2, 0) is 13.3 Å². The number of hydrogen-bond acceptors (Lipinski definition) is 3. The summed E-state index contributed by atoms with van der Waals surface area (Å²) in [6.45, 7) is 7.01. The summed E-state index contributed by atoms with van der Waals surface area (Å²) in [4.78, 5) is 0. The van der Waals surface area contributed by atoms with E-state index < -0.39 is 8.80 Å². The van der Waals surface area contributed by atoms with E-state index in [9.17, 15) is 0 Å². The van der Waals surface area contributed by atoms with Crippen molar-refractivity contribution in [3.63, 3.8) is 0 Å². The lowest BCUT2D eigenvalue weighted by atomic mass is 9.75. The van der Waals surface area contributed by atoms with E-state index in [4.69, 9.17) is 13.3 Å².